The number of thioether (sulfide) groups is 1. The average molecular weight is 1000 g/mol. The van der Waals surface area contributed by atoms with Gasteiger partial charge in [-0.15, -0.1) is 11.8 Å². The van der Waals surface area contributed by atoms with Gasteiger partial charge < -0.3 is 24.6 Å². The smallest absolute Gasteiger partial charge is 0.293 e. The molecule has 1 aliphatic heterocycles. The number of nitro benzene ring substituents is 1. The maximum Gasteiger partial charge on any atom is 0.293 e. The lowest BCUT2D eigenvalue weighted by Crippen LogP contribution is -2.46. The first-order valence-electron chi connectivity index (χ1n) is 22.0. The van der Waals surface area contributed by atoms with Crippen LogP contribution in [0.1, 0.15) is 29.4 Å². The van der Waals surface area contributed by atoms with Gasteiger partial charge in [0, 0.05) is 88.8 Å². The van der Waals surface area contributed by atoms with E-state index in [1.807, 2.05) is 116 Å². The highest BCUT2D eigenvalue weighted by molar-refractivity contribution is 7.99. The third-order valence-electron chi connectivity index (χ3n) is 11.7. The summed E-state index contributed by atoms with van der Waals surface area (Å²) in [7, 11) is -4.11. The maximum absolute atomic E-state index is 13.7. The van der Waals surface area contributed by atoms with Crippen LogP contribution in [0.2, 0.25) is 5.02 Å². The van der Waals surface area contributed by atoms with Crippen LogP contribution >= 0.6 is 23.4 Å². The summed E-state index contributed by atoms with van der Waals surface area (Å²) in [5, 5.41) is 16.2. The van der Waals surface area contributed by atoms with Crippen LogP contribution in [0.5, 0.6) is 0 Å². The molecule has 0 bridgehead atoms. The van der Waals surface area contributed by atoms with E-state index in [0.717, 1.165) is 52.0 Å². The Kier molecular flexibility index (Phi) is 15.8. The number of amides is 1. The standard InChI is InChI=1S/C49H55ClN8O7S3/c1-6-57-34(2)46(49(59)53-67(5,62)63)47(48(57)35-15-17-37(50)18-16-35)36-11-10-12-41(31-36)56-29-27-55(28-30-56)40-21-19-38(20-22-40)52-68(64,65)43-23-24-44(45(32-43)58(60)61)51-39(25-26-54(3)4)33-66-42-13-8-7-9-14-42/h7-24,31-32,39,51-52H,6,25-30,33H2,1-5H3,(H,53,59)/t39-/m1/s1. The third kappa shape index (κ3) is 12.1. The minimum atomic E-state index is -4.19. The second-order valence-corrected chi connectivity index (χ2v) is 21.8. The molecule has 358 valence electrons. The van der Waals surface area contributed by atoms with E-state index in [1.165, 1.54) is 12.1 Å². The van der Waals surface area contributed by atoms with Gasteiger partial charge in [-0.25, -0.2) is 21.6 Å². The fourth-order valence-electron chi connectivity index (χ4n) is 8.35. The third-order valence-corrected chi connectivity index (χ3v) is 15.0. The van der Waals surface area contributed by atoms with E-state index >= 15 is 0 Å². The molecule has 1 amide bonds. The van der Waals surface area contributed by atoms with Crippen LogP contribution in [0.3, 0.4) is 0 Å². The summed E-state index contributed by atoms with van der Waals surface area (Å²) >= 11 is 7.91. The lowest BCUT2D eigenvalue weighted by atomic mass is 9.96. The summed E-state index contributed by atoms with van der Waals surface area (Å²) in [6, 6.07) is 36.0. The van der Waals surface area contributed by atoms with Crippen molar-refractivity contribution in [1.29, 1.82) is 0 Å². The number of sulfonamides is 2. The van der Waals surface area contributed by atoms with Gasteiger partial charge >= 0.3 is 0 Å². The van der Waals surface area contributed by atoms with Crippen molar-refractivity contribution < 1.29 is 26.6 Å². The zero-order valence-electron chi connectivity index (χ0n) is 38.5. The SMILES string of the molecule is CCn1c(C)c(C(=O)NS(C)(=O)=O)c(-c2cccc(N3CCN(c4ccc(NS(=O)(=O)c5ccc(N[C@H](CCN(C)C)CSc6ccccc6)c([N+](=O)[O-])c5)cc4)CC3)c2)c1-c1ccc(Cl)cc1. The second kappa shape index (κ2) is 21.5. The number of hydrogen-bond donors (Lipinski definition) is 3. The quantitative estimate of drug-likeness (QED) is 0.0399. The molecular formula is C49H55ClN8O7S3. The molecule has 15 nitrogen and oxygen atoms in total. The number of halogens is 1. The minimum absolute atomic E-state index is 0.126. The van der Waals surface area contributed by atoms with Gasteiger partial charge in [-0.05, 0) is 125 Å². The van der Waals surface area contributed by atoms with Gasteiger partial charge in [0.25, 0.3) is 21.6 Å². The molecule has 1 fully saturated rings. The lowest BCUT2D eigenvalue weighted by molar-refractivity contribution is -0.384. The van der Waals surface area contributed by atoms with Crippen molar-refractivity contribution in [2.24, 2.45) is 0 Å². The van der Waals surface area contributed by atoms with Crippen molar-refractivity contribution in [3.05, 3.63) is 148 Å². The van der Waals surface area contributed by atoms with Crippen LogP contribution in [-0.2, 0) is 26.6 Å². The Labute approximate surface area is 407 Å². The largest absolute Gasteiger partial charge is 0.376 e. The summed E-state index contributed by atoms with van der Waals surface area (Å²) in [5.74, 6) is -0.0565. The summed E-state index contributed by atoms with van der Waals surface area (Å²) in [6.07, 6.45) is 1.67. The molecule has 19 heteroatoms. The number of nitro groups is 1. The van der Waals surface area contributed by atoms with Crippen LogP contribution in [0.25, 0.3) is 22.4 Å². The first-order valence-corrected chi connectivity index (χ1v) is 26.8. The second-order valence-electron chi connectivity index (χ2n) is 16.8. The van der Waals surface area contributed by atoms with Crippen LogP contribution in [0, 0.1) is 17.0 Å². The number of carbonyl (C=O) groups is 1. The van der Waals surface area contributed by atoms with Gasteiger partial charge in [-0.1, -0.05) is 54.1 Å². The Morgan fingerprint density at radius 1 is 0.838 bits per heavy atom. The molecule has 0 aliphatic carbocycles. The molecule has 0 spiro atoms. The zero-order chi connectivity index (χ0) is 48.8. The molecule has 0 unspecified atom stereocenters. The van der Waals surface area contributed by atoms with Gasteiger partial charge in [0.05, 0.1) is 27.3 Å². The fourth-order valence-corrected chi connectivity index (χ4v) is 11.0. The predicted octanol–water partition coefficient (Wildman–Crippen LogP) is 9.05. The number of aromatic nitrogens is 1. The van der Waals surface area contributed by atoms with Crippen LogP contribution in [0.15, 0.2) is 131 Å². The van der Waals surface area contributed by atoms with E-state index in [-0.39, 0.29) is 27.9 Å². The molecule has 7 rings (SSSR count). The van der Waals surface area contributed by atoms with Gasteiger partial charge in [0.15, 0.2) is 0 Å². The number of anilines is 4. The van der Waals surface area contributed by atoms with E-state index in [9.17, 15) is 31.7 Å². The van der Waals surface area contributed by atoms with Crippen molar-refractivity contribution >= 4 is 77.8 Å². The molecule has 0 saturated carbocycles. The molecule has 1 atom stereocenters. The molecule has 68 heavy (non-hydrogen) atoms. The highest BCUT2D eigenvalue weighted by Crippen LogP contribution is 2.41. The van der Waals surface area contributed by atoms with E-state index in [2.05, 4.69) is 24.6 Å². The summed E-state index contributed by atoms with van der Waals surface area (Å²) < 4.78 is 58.6. The predicted molar refractivity (Wildman–Crippen MR) is 276 cm³/mol. The monoisotopic (exact) mass is 998 g/mol. The zero-order valence-corrected chi connectivity index (χ0v) is 41.7. The Morgan fingerprint density at radius 2 is 1.50 bits per heavy atom. The van der Waals surface area contributed by atoms with Gasteiger partial charge in [0.1, 0.15) is 5.69 Å². The van der Waals surface area contributed by atoms with E-state index < -0.39 is 30.9 Å². The highest BCUT2D eigenvalue weighted by Gasteiger charge is 2.29. The Balaban J connectivity index is 1.04. The molecule has 6 aromatic rings. The summed E-state index contributed by atoms with van der Waals surface area (Å²) in [4.78, 5) is 32.8. The van der Waals surface area contributed by atoms with Crippen molar-refractivity contribution in [1.82, 2.24) is 14.2 Å². The number of nitrogens with zero attached hydrogens (tertiary/aromatic N) is 5. The summed E-state index contributed by atoms with van der Waals surface area (Å²) in [6.45, 7) is 7.70. The molecule has 1 saturated heterocycles. The van der Waals surface area contributed by atoms with E-state index in [0.29, 0.717) is 66.9 Å². The normalized spacial score (nSPS) is 13.6. The Bertz CT molecular complexity index is 2980. The van der Waals surface area contributed by atoms with E-state index in [4.69, 9.17) is 11.6 Å². The fraction of sp³-hybridized carbons (Fsp3) is 0.286. The Morgan fingerprint density at radius 3 is 2.12 bits per heavy atom. The number of carbonyl (C=O) groups excluding carboxylic acids is 1. The first kappa shape index (κ1) is 49.8. The van der Waals surface area contributed by atoms with Crippen molar-refractivity contribution in [3.63, 3.8) is 0 Å². The van der Waals surface area contributed by atoms with Crippen molar-refractivity contribution in [2.75, 3.05) is 78.7 Å². The van der Waals surface area contributed by atoms with Gasteiger partial charge in [-0.2, -0.15) is 0 Å². The highest BCUT2D eigenvalue weighted by atomic mass is 35.5. The van der Waals surface area contributed by atoms with Gasteiger partial charge in [-0.3, -0.25) is 19.6 Å². The molecule has 0 radical (unpaired) electrons. The number of piperazine rings is 1. The number of nitrogens with one attached hydrogen (secondary N) is 3. The lowest BCUT2D eigenvalue weighted by Gasteiger charge is -2.37. The van der Waals surface area contributed by atoms with Crippen LogP contribution in [0.4, 0.5) is 28.4 Å². The van der Waals surface area contributed by atoms with E-state index in [1.54, 1.807) is 36.0 Å². The molecule has 3 N–H and O–H groups in total. The average Bonchev–Trinajstić information content (AvgIpc) is 3.61. The first-order chi connectivity index (χ1) is 32.4. The maximum atomic E-state index is 13.7. The minimum Gasteiger partial charge on any atom is -0.376 e. The molecule has 5 aromatic carbocycles. The Hall–Kier alpha value is -6.05. The van der Waals surface area contributed by atoms with Crippen molar-refractivity contribution in [3.8, 4) is 22.4 Å². The number of benzene rings is 5. The number of rotatable bonds is 19. The summed E-state index contributed by atoms with van der Waals surface area (Å²) in [5.41, 5.74) is 5.93. The van der Waals surface area contributed by atoms with Crippen LogP contribution in [-0.4, -0.2) is 102 Å². The molecular weight excluding hydrogens is 944 g/mol. The van der Waals surface area contributed by atoms with Crippen LogP contribution < -0.4 is 24.6 Å². The number of hydrogen-bond acceptors (Lipinski definition) is 12. The van der Waals surface area contributed by atoms with Crippen molar-refractivity contribution in [2.45, 2.75) is 42.6 Å². The molecule has 1 aromatic heterocycles. The topological polar surface area (TPSA) is 179 Å². The van der Waals surface area contributed by atoms with Gasteiger partial charge in [0.2, 0.25) is 10.0 Å². The molecule has 1 aliphatic rings. The molecule has 2 heterocycles.